The van der Waals surface area contributed by atoms with E-state index >= 15 is 0 Å². The van der Waals surface area contributed by atoms with Crippen molar-refractivity contribution in [3.63, 3.8) is 0 Å². The van der Waals surface area contributed by atoms with E-state index in [0.29, 0.717) is 11.4 Å². The van der Waals surface area contributed by atoms with E-state index in [-0.39, 0.29) is 17.7 Å². The fourth-order valence-corrected chi connectivity index (χ4v) is 2.64. The zero-order valence-electron chi connectivity index (χ0n) is 12.5. The minimum Gasteiger partial charge on any atom is -0.478 e. The van der Waals surface area contributed by atoms with Crippen molar-refractivity contribution in [2.45, 2.75) is 13.8 Å². The molecule has 7 nitrogen and oxygen atoms in total. The van der Waals surface area contributed by atoms with Gasteiger partial charge in [-0.05, 0) is 31.6 Å². The number of aromatic nitrogens is 2. The Bertz CT molecular complexity index is 834. The number of thiophene rings is 1. The average Bonchev–Trinajstić information content (AvgIpc) is 2.96. The number of hydrogen-bond donors (Lipinski definition) is 2. The summed E-state index contributed by atoms with van der Waals surface area (Å²) in [5.74, 6) is -1.42. The van der Waals surface area contributed by atoms with Crippen LogP contribution in [-0.4, -0.2) is 33.6 Å². The quantitative estimate of drug-likeness (QED) is 0.812. The number of aromatic carboxylic acids is 1. The number of ether oxygens (including phenoxy) is 1. The monoisotopic (exact) mass is 334 g/mol. The largest absolute Gasteiger partial charge is 0.478 e. The summed E-state index contributed by atoms with van der Waals surface area (Å²) in [5.41, 5.74) is 0.0933. The third-order valence-electron chi connectivity index (χ3n) is 2.89. The van der Waals surface area contributed by atoms with E-state index in [1.54, 1.807) is 19.9 Å². The molecule has 0 radical (unpaired) electrons. The Hall–Kier alpha value is -2.74. The van der Waals surface area contributed by atoms with Crippen molar-refractivity contribution in [2.75, 3.05) is 6.61 Å². The third kappa shape index (κ3) is 3.92. The van der Waals surface area contributed by atoms with Gasteiger partial charge in [-0.1, -0.05) is 0 Å². The normalized spacial score (nSPS) is 11.3. The van der Waals surface area contributed by atoms with Crippen molar-refractivity contribution in [1.82, 2.24) is 9.97 Å². The topological polar surface area (TPSA) is 109 Å². The smallest absolute Gasteiger partial charge is 0.345 e. The van der Waals surface area contributed by atoms with Crippen LogP contribution in [0.1, 0.15) is 45.3 Å². The van der Waals surface area contributed by atoms with Crippen molar-refractivity contribution in [3.8, 4) is 0 Å². The molecule has 0 bridgehead atoms. The first kappa shape index (κ1) is 16.6. The highest BCUT2D eigenvalue weighted by atomic mass is 32.1. The van der Waals surface area contributed by atoms with Gasteiger partial charge in [0.25, 0.3) is 5.56 Å². The number of nitrogens with zero attached hydrogens (tertiary/aromatic N) is 1. The van der Waals surface area contributed by atoms with Crippen LogP contribution in [-0.2, 0) is 4.74 Å². The molecule has 2 aromatic heterocycles. The Morgan fingerprint density at radius 3 is 2.78 bits per heavy atom. The van der Waals surface area contributed by atoms with Crippen LogP contribution in [0.4, 0.5) is 0 Å². The zero-order valence-corrected chi connectivity index (χ0v) is 13.3. The van der Waals surface area contributed by atoms with E-state index in [2.05, 4.69) is 9.97 Å². The fraction of sp³-hybridized carbons (Fsp3) is 0.200. The number of esters is 1. The van der Waals surface area contributed by atoms with Crippen molar-refractivity contribution in [1.29, 1.82) is 0 Å². The molecule has 0 amide bonds. The molecule has 2 aromatic rings. The van der Waals surface area contributed by atoms with Gasteiger partial charge in [-0.2, -0.15) is 0 Å². The molecule has 0 aliphatic rings. The maximum atomic E-state index is 11.9. The number of carboxylic acid groups (broad SMARTS) is 1. The van der Waals surface area contributed by atoms with E-state index in [1.165, 1.54) is 29.0 Å². The standard InChI is InChI=1S/C15H14N2O5S/c1-3-22-15(21)11-6-16-12(17-13(11)18)8(2)4-10-5-9(7-23-10)14(19)20/h4-7H,3H2,1-2H3,(H,19,20)(H,16,17,18). The summed E-state index contributed by atoms with van der Waals surface area (Å²) >= 11 is 1.27. The Morgan fingerprint density at radius 2 is 2.22 bits per heavy atom. The van der Waals surface area contributed by atoms with Crippen LogP contribution in [0.15, 0.2) is 22.4 Å². The maximum absolute atomic E-state index is 11.9. The van der Waals surface area contributed by atoms with Gasteiger partial charge in [0.15, 0.2) is 0 Å². The molecule has 2 N–H and O–H groups in total. The van der Waals surface area contributed by atoms with Gasteiger partial charge in [-0.3, -0.25) is 4.79 Å². The molecule has 2 heterocycles. The highest BCUT2D eigenvalue weighted by Gasteiger charge is 2.13. The Balaban J connectivity index is 2.28. The fourth-order valence-electron chi connectivity index (χ4n) is 1.77. The van der Waals surface area contributed by atoms with E-state index in [1.807, 2.05) is 0 Å². The van der Waals surface area contributed by atoms with Gasteiger partial charge in [0, 0.05) is 16.5 Å². The van der Waals surface area contributed by atoms with Gasteiger partial charge >= 0.3 is 11.9 Å². The van der Waals surface area contributed by atoms with E-state index in [4.69, 9.17) is 9.84 Å². The summed E-state index contributed by atoms with van der Waals surface area (Å²) in [7, 11) is 0. The third-order valence-corrected chi connectivity index (χ3v) is 3.77. The number of aromatic amines is 1. The van der Waals surface area contributed by atoms with Gasteiger partial charge in [-0.25, -0.2) is 14.6 Å². The van der Waals surface area contributed by atoms with Crippen LogP contribution in [0.25, 0.3) is 11.6 Å². The lowest BCUT2D eigenvalue weighted by Gasteiger charge is -2.03. The summed E-state index contributed by atoms with van der Waals surface area (Å²) in [4.78, 5) is 41.6. The number of carboxylic acids is 1. The van der Waals surface area contributed by atoms with Crippen LogP contribution in [0.3, 0.4) is 0 Å². The summed E-state index contributed by atoms with van der Waals surface area (Å²) < 4.78 is 4.76. The average molecular weight is 334 g/mol. The summed E-state index contributed by atoms with van der Waals surface area (Å²) in [6.07, 6.45) is 2.88. The van der Waals surface area contributed by atoms with Gasteiger partial charge in [0.2, 0.25) is 0 Å². The van der Waals surface area contributed by atoms with Crippen molar-refractivity contribution < 1.29 is 19.4 Å². The Kier molecular flexibility index (Phi) is 5.07. The van der Waals surface area contributed by atoms with Crippen LogP contribution in [0.2, 0.25) is 0 Å². The van der Waals surface area contributed by atoms with Crippen LogP contribution < -0.4 is 5.56 Å². The molecule has 23 heavy (non-hydrogen) atoms. The molecule has 0 aromatic carbocycles. The van der Waals surface area contributed by atoms with Crippen molar-refractivity contribution in [3.05, 3.63) is 49.8 Å². The van der Waals surface area contributed by atoms with E-state index < -0.39 is 17.5 Å². The summed E-state index contributed by atoms with van der Waals surface area (Å²) in [6, 6.07) is 1.53. The Labute approximate surface area is 135 Å². The second-order valence-corrected chi connectivity index (χ2v) is 5.51. The SMILES string of the molecule is CCOC(=O)c1cnc(C(C)=Cc2cc(C(=O)O)cs2)[nH]c1=O. The lowest BCUT2D eigenvalue weighted by Crippen LogP contribution is -2.21. The maximum Gasteiger partial charge on any atom is 0.345 e. The number of allylic oxidation sites excluding steroid dienone is 1. The van der Waals surface area contributed by atoms with Crippen molar-refractivity contribution >= 4 is 34.9 Å². The Morgan fingerprint density at radius 1 is 1.48 bits per heavy atom. The van der Waals surface area contributed by atoms with E-state index in [0.717, 1.165) is 4.88 Å². The molecule has 2 rings (SSSR count). The highest BCUT2D eigenvalue weighted by Crippen LogP contribution is 2.20. The predicted octanol–water partition coefficient (Wildman–Crippen LogP) is 2.27. The molecule has 0 aliphatic heterocycles. The lowest BCUT2D eigenvalue weighted by atomic mass is 10.2. The van der Waals surface area contributed by atoms with Crippen LogP contribution in [0.5, 0.6) is 0 Å². The first-order valence-electron chi connectivity index (χ1n) is 6.69. The first-order chi connectivity index (χ1) is 10.9. The molecule has 0 atom stereocenters. The molecule has 0 spiro atoms. The van der Waals surface area contributed by atoms with E-state index in [9.17, 15) is 14.4 Å². The second-order valence-electron chi connectivity index (χ2n) is 4.57. The number of hydrogen-bond acceptors (Lipinski definition) is 6. The van der Waals surface area contributed by atoms with Gasteiger partial charge in [0.1, 0.15) is 11.4 Å². The van der Waals surface area contributed by atoms with Crippen LogP contribution in [0, 0.1) is 0 Å². The molecule has 0 fully saturated rings. The first-order valence-corrected chi connectivity index (χ1v) is 7.57. The zero-order chi connectivity index (χ0) is 17.0. The van der Waals surface area contributed by atoms with Crippen LogP contribution >= 0.6 is 11.3 Å². The summed E-state index contributed by atoms with van der Waals surface area (Å²) in [5, 5.41) is 10.4. The number of rotatable bonds is 5. The molecule has 0 saturated carbocycles. The number of carbonyl (C=O) groups excluding carboxylic acids is 1. The van der Waals surface area contributed by atoms with Crippen molar-refractivity contribution in [2.24, 2.45) is 0 Å². The molecule has 0 aliphatic carbocycles. The second kappa shape index (κ2) is 7.01. The minimum atomic E-state index is -0.996. The molecule has 0 unspecified atom stereocenters. The van der Waals surface area contributed by atoms with Gasteiger partial charge in [0.05, 0.1) is 12.2 Å². The summed E-state index contributed by atoms with van der Waals surface area (Å²) in [6.45, 7) is 3.54. The molecule has 0 saturated heterocycles. The molecular formula is C15H14N2O5S. The number of nitrogens with one attached hydrogen (secondary N) is 1. The number of H-pyrrole nitrogens is 1. The number of carbonyl (C=O) groups is 2. The molecular weight excluding hydrogens is 320 g/mol. The van der Waals surface area contributed by atoms with Gasteiger partial charge in [-0.15, -0.1) is 11.3 Å². The highest BCUT2D eigenvalue weighted by molar-refractivity contribution is 7.11. The van der Waals surface area contributed by atoms with Gasteiger partial charge < -0.3 is 14.8 Å². The molecule has 8 heteroatoms. The predicted molar refractivity (Wildman–Crippen MR) is 85.6 cm³/mol. The lowest BCUT2D eigenvalue weighted by molar-refractivity contribution is 0.0523. The molecule has 120 valence electrons. The minimum absolute atomic E-state index is 0.160.